The number of aryl methyl sites for hydroxylation is 1. The van der Waals surface area contributed by atoms with Crippen LogP contribution in [-0.2, 0) is 11.4 Å². The number of ether oxygens (including phenoxy) is 1. The minimum atomic E-state index is -0.949. The van der Waals surface area contributed by atoms with Crippen LogP contribution in [0.2, 0.25) is 0 Å². The Morgan fingerprint density at radius 3 is 2.45 bits per heavy atom. The van der Waals surface area contributed by atoms with Gasteiger partial charge in [0, 0.05) is 23.6 Å². The predicted molar refractivity (Wildman–Crippen MR) is 124 cm³/mol. The van der Waals surface area contributed by atoms with Gasteiger partial charge in [-0.15, -0.1) is 0 Å². The molecule has 0 saturated heterocycles. The second kappa shape index (κ2) is 10.5. The zero-order valence-corrected chi connectivity index (χ0v) is 18.4. The molecule has 3 rings (SSSR count). The number of ketones is 1. The van der Waals surface area contributed by atoms with Crippen molar-refractivity contribution < 1.29 is 24.4 Å². The van der Waals surface area contributed by atoms with Crippen LogP contribution in [0.4, 0.5) is 5.69 Å². The molecule has 7 nitrogen and oxygen atoms in total. The summed E-state index contributed by atoms with van der Waals surface area (Å²) in [6, 6.07) is 20.3. The lowest BCUT2D eigenvalue weighted by Crippen LogP contribution is -2.21. The third-order valence-corrected chi connectivity index (χ3v) is 5.54. The lowest BCUT2D eigenvalue weighted by Gasteiger charge is -2.21. The molecule has 0 fully saturated rings. The van der Waals surface area contributed by atoms with Gasteiger partial charge in [-0.05, 0) is 42.2 Å². The quantitative estimate of drug-likeness (QED) is 0.248. The molecular weight excluding hydrogens is 422 g/mol. The zero-order valence-electron chi connectivity index (χ0n) is 18.4. The average Bonchev–Trinajstić information content (AvgIpc) is 2.81. The van der Waals surface area contributed by atoms with Crippen LogP contribution in [0.15, 0.2) is 72.8 Å². The minimum absolute atomic E-state index is 0.0198. The Morgan fingerprint density at radius 2 is 1.76 bits per heavy atom. The number of hydrogen-bond donors (Lipinski definition) is 1. The third-order valence-electron chi connectivity index (χ3n) is 5.54. The summed E-state index contributed by atoms with van der Waals surface area (Å²) in [4.78, 5) is 35.5. The van der Waals surface area contributed by atoms with Crippen molar-refractivity contribution in [1.82, 2.24) is 0 Å². The number of benzene rings is 3. The maximum absolute atomic E-state index is 13.5. The Hall–Kier alpha value is -4.00. The topological polar surface area (TPSA) is 107 Å². The number of nitro benzene ring substituents is 1. The summed E-state index contributed by atoms with van der Waals surface area (Å²) in [5.41, 5.74) is 2.75. The van der Waals surface area contributed by atoms with Crippen molar-refractivity contribution in [2.45, 2.75) is 32.8 Å². The molecule has 0 aliphatic heterocycles. The smallest absolute Gasteiger partial charge is 0.306 e. The molecule has 0 aliphatic carbocycles. The molecule has 2 atom stereocenters. The number of nitrogens with zero attached hydrogens (tertiary/aromatic N) is 1. The summed E-state index contributed by atoms with van der Waals surface area (Å²) in [6.07, 6.45) is 0.178. The van der Waals surface area contributed by atoms with Gasteiger partial charge in [-0.3, -0.25) is 19.7 Å². The van der Waals surface area contributed by atoms with Crippen LogP contribution in [0.5, 0.6) is 5.75 Å². The van der Waals surface area contributed by atoms with Gasteiger partial charge in [0.1, 0.15) is 12.4 Å². The van der Waals surface area contributed by atoms with Gasteiger partial charge >= 0.3 is 5.97 Å². The summed E-state index contributed by atoms with van der Waals surface area (Å²) < 4.78 is 5.78. The van der Waals surface area contributed by atoms with E-state index >= 15 is 0 Å². The first-order chi connectivity index (χ1) is 15.8. The molecule has 3 aromatic carbocycles. The first-order valence-electron chi connectivity index (χ1n) is 10.5. The van der Waals surface area contributed by atoms with Crippen LogP contribution < -0.4 is 4.74 Å². The second-order valence-corrected chi connectivity index (χ2v) is 7.99. The van der Waals surface area contributed by atoms with Crippen LogP contribution in [0, 0.1) is 23.0 Å². The van der Waals surface area contributed by atoms with Crippen molar-refractivity contribution in [3.63, 3.8) is 0 Å². The summed E-state index contributed by atoms with van der Waals surface area (Å²) >= 11 is 0. The summed E-state index contributed by atoms with van der Waals surface area (Å²) in [7, 11) is 0. The van der Waals surface area contributed by atoms with E-state index in [9.17, 15) is 24.8 Å². The molecule has 170 valence electrons. The number of hydrogen-bond acceptors (Lipinski definition) is 5. The van der Waals surface area contributed by atoms with Gasteiger partial charge in [0.25, 0.3) is 5.69 Å². The Labute approximate surface area is 191 Å². The largest absolute Gasteiger partial charge is 0.489 e. The maximum Gasteiger partial charge on any atom is 0.306 e. The molecule has 0 aromatic heterocycles. The molecule has 0 heterocycles. The second-order valence-electron chi connectivity index (χ2n) is 7.99. The number of carboxylic acid groups (broad SMARTS) is 1. The van der Waals surface area contributed by atoms with Crippen LogP contribution in [0.1, 0.15) is 46.3 Å². The molecular formula is C26H25NO6. The number of carbonyl (C=O) groups is 2. The van der Waals surface area contributed by atoms with E-state index in [4.69, 9.17) is 4.74 Å². The van der Waals surface area contributed by atoms with Crippen molar-refractivity contribution in [3.05, 3.63) is 105 Å². The van der Waals surface area contributed by atoms with Crippen molar-refractivity contribution in [2.24, 2.45) is 5.92 Å². The molecule has 0 aliphatic rings. The van der Waals surface area contributed by atoms with E-state index in [1.807, 2.05) is 31.2 Å². The SMILES string of the molecule is Cc1ccccc1C(CC(C)C(=O)O)C(=O)c1cccc(OCc2cccc([N+](=O)[O-])c2)c1. The van der Waals surface area contributed by atoms with E-state index in [-0.39, 0.29) is 24.5 Å². The van der Waals surface area contributed by atoms with Gasteiger partial charge in [-0.1, -0.05) is 55.5 Å². The lowest BCUT2D eigenvalue weighted by atomic mass is 9.82. The Kier molecular flexibility index (Phi) is 7.56. The van der Waals surface area contributed by atoms with Crippen LogP contribution in [0.3, 0.4) is 0 Å². The molecule has 7 heteroatoms. The monoisotopic (exact) mass is 447 g/mol. The summed E-state index contributed by atoms with van der Waals surface area (Å²) in [6.45, 7) is 3.61. The number of aliphatic carboxylic acids is 1. The average molecular weight is 447 g/mol. The molecule has 33 heavy (non-hydrogen) atoms. The van der Waals surface area contributed by atoms with Crippen LogP contribution in [-0.4, -0.2) is 21.8 Å². The van der Waals surface area contributed by atoms with Crippen molar-refractivity contribution in [2.75, 3.05) is 0 Å². The highest BCUT2D eigenvalue weighted by Crippen LogP contribution is 2.31. The molecule has 1 N–H and O–H groups in total. The first kappa shape index (κ1) is 23.7. The minimum Gasteiger partial charge on any atom is -0.489 e. The molecule has 0 saturated carbocycles. The maximum atomic E-state index is 13.5. The molecule has 0 amide bonds. The number of rotatable bonds is 10. The Balaban J connectivity index is 1.83. The van der Waals surface area contributed by atoms with Gasteiger partial charge in [0.15, 0.2) is 5.78 Å². The molecule has 2 unspecified atom stereocenters. The zero-order chi connectivity index (χ0) is 24.0. The van der Waals surface area contributed by atoms with Crippen LogP contribution >= 0.6 is 0 Å². The fourth-order valence-electron chi connectivity index (χ4n) is 3.67. The highest BCUT2D eigenvalue weighted by molar-refractivity contribution is 6.01. The summed E-state index contributed by atoms with van der Waals surface area (Å²) in [5.74, 6) is -1.98. The van der Waals surface area contributed by atoms with E-state index < -0.39 is 22.7 Å². The summed E-state index contributed by atoms with van der Waals surface area (Å²) in [5, 5.41) is 20.4. The number of Topliss-reactive ketones (excluding diaryl/α,β-unsaturated/α-hetero) is 1. The van der Waals surface area contributed by atoms with E-state index in [2.05, 4.69) is 0 Å². The van der Waals surface area contributed by atoms with Gasteiger partial charge in [-0.25, -0.2) is 0 Å². The predicted octanol–water partition coefficient (Wildman–Crippen LogP) is 5.56. The van der Waals surface area contributed by atoms with Gasteiger partial charge < -0.3 is 9.84 Å². The normalized spacial score (nSPS) is 12.5. The van der Waals surface area contributed by atoms with E-state index in [0.29, 0.717) is 16.9 Å². The lowest BCUT2D eigenvalue weighted by molar-refractivity contribution is -0.384. The highest BCUT2D eigenvalue weighted by Gasteiger charge is 2.28. The van der Waals surface area contributed by atoms with Crippen LogP contribution in [0.25, 0.3) is 0 Å². The third kappa shape index (κ3) is 6.04. The number of nitro groups is 1. The fourth-order valence-corrected chi connectivity index (χ4v) is 3.67. The first-order valence-corrected chi connectivity index (χ1v) is 10.5. The van der Waals surface area contributed by atoms with Crippen molar-refractivity contribution in [1.29, 1.82) is 0 Å². The molecule has 0 bridgehead atoms. The number of carbonyl (C=O) groups excluding carboxylic acids is 1. The molecule has 0 spiro atoms. The Bertz CT molecular complexity index is 1170. The number of non-ortho nitro benzene ring substituents is 1. The van der Waals surface area contributed by atoms with Gasteiger partial charge in [0.2, 0.25) is 0 Å². The standard InChI is InChI=1S/C26H25NO6/c1-17-7-3-4-12-23(17)24(13-18(2)26(29)30)25(28)20-9-6-11-22(15-20)33-16-19-8-5-10-21(14-19)27(31)32/h3-12,14-15,18,24H,13,16H2,1-2H3,(H,29,30). The van der Waals surface area contributed by atoms with E-state index in [0.717, 1.165) is 11.1 Å². The van der Waals surface area contributed by atoms with Crippen molar-refractivity contribution >= 4 is 17.4 Å². The Morgan fingerprint density at radius 1 is 1.03 bits per heavy atom. The van der Waals surface area contributed by atoms with Gasteiger partial charge in [0.05, 0.1) is 10.8 Å². The van der Waals surface area contributed by atoms with E-state index in [1.165, 1.54) is 12.1 Å². The van der Waals surface area contributed by atoms with E-state index in [1.54, 1.807) is 43.3 Å². The highest BCUT2D eigenvalue weighted by atomic mass is 16.6. The fraction of sp³-hybridized carbons (Fsp3) is 0.231. The molecule has 0 radical (unpaired) electrons. The number of carboxylic acids is 1. The van der Waals surface area contributed by atoms with Gasteiger partial charge in [-0.2, -0.15) is 0 Å². The molecule has 3 aromatic rings. The van der Waals surface area contributed by atoms with Crippen molar-refractivity contribution in [3.8, 4) is 5.75 Å².